The second-order valence-electron chi connectivity index (χ2n) is 3.97. The minimum absolute atomic E-state index is 0.0263. The summed E-state index contributed by atoms with van der Waals surface area (Å²) in [5.41, 5.74) is 6.34. The molecule has 0 fully saturated rings. The van der Waals surface area contributed by atoms with Crippen molar-refractivity contribution >= 4 is 11.6 Å². The highest BCUT2D eigenvalue weighted by Gasteiger charge is 2.12. The van der Waals surface area contributed by atoms with Crippen LogP contribution in [0.25, 0.3) is 0 Å². The van der Waals surface area contributed by atoms with Gasteiger partial charge in [0.25, 0.3) is 0 Å². The molecule has 2 rings (SSSR count). The Morgan fingerprint density at radius 3 is 2.37 bits per heavy atom. The Hall–Kier alpha value is -1.65. The molecule has 0 saturated carbocycles. The monoisotopic (exact) mass is 283 g/mol. The molecule has 1 atom stereocenters. The van der Waals surface area contributed by atoms with Gasteiger partial charge in [-0.3, -0.25) is 0 Å². The van der Waals surface area contributed by atoms with Gasteiger partial charge in [0.05, 0.1) is 5.02 Å². The van der Waals surface area contributed by atoms with E-state index in [0.29, 0.717) is 5.75 Å². The Balaban J connectivity index is 2.18. The molecule has 0 radical (unpaired) electrons. The van der Waals surface area contributed by atoms with Gasteiger partial charge in [-0.1, -0.05) is 23.7 Å². The van der Waals surface area contributed by atoms with Crippen LogP contribution in [-0.2, 0) is 0 Å². The molecule has 0 aliphatic heterocycles. The van der Waals surface area contributed by atoms with Crippen molar-refractivity contribution in [2.24, 2.45) is 5.73 Å². The maximum absolute atomic E-state index is 13.3. The number of rotatable bonds is 4. The third-order valence-electron chi connectivity index (χ3n) is 2.63. The number of ether oxygens (including phenoxy) is 1. The number of halogens is 3. The zero-order chi connectivity index (χ0) is 13.8. The Kier molecular flexibility index (Phi) is 4.35. The lowest BCUT2D eigenvalue weighted by atomic mass is 10.1. The third kappa shape index (κ3) is 3.43. The molecule has 100 valence electrons. The molecule has 0 aliphatic rings. The van der Waals surface area contributed by atoms with E-state index in [0.717, 1.165) is 5.56 Å². The first-order valence-corrected chi connectivity index (χ1v) is 6.05. The first kappa shape index (κ1) is 13.8. The number of hydrogen-bond acceptors (Lipinski definition) is 2. The molecule has 2 aromatic carbocycles. The Bertz CT molecular complexity index is 560. The van der Waals surface area contributed by atoms with Crippen LogP contribution in [0.15, 0.2) is 42.5 Å². The number of hydrogen-bond donors (Lipinski definition) is 1. The molecule has 0 saturated heterocycles. The minimum Gasteiger partial charge on any atom is -0.484 e. The van der Waals surface area contributed by atoms with Gasteiger partial charge in [0.2, 0.25) is 0 Å². The van der Waals surface area contributed by atoms with Gasteiger partial charge < -0.3 is 10.5 Å². The molecule has 2 N–H and O–H groups in total. The van der Waals surface area contributed by atoms with E-state index < -0.39 is 11.9 Å². The second-order valence-corrected chi connectivity index (χ2v) is 4.38. The summed E-state index contributed by atoms with van der Waals surface area (Å²) in [7, 11) is 0. The Morgan fingerprint density at radius 2 is 1.79 bits per heavy atom. The summed E-state index contributed by atoms with van der Waals surface area (Å²) in [5.74, 6) is -0.576. The summed E-state index contributed by atoms with van der Waals surface area (Å²) < 4.78 is 31.7. The van der Waals surface area contributed by atoms with Crippen LogP contribution in [-0.4, -0.2) is 6.54 Å². The Morgan fingerprint density at radius 1 is 1.11 bits per heavy atom. The van der Waals surface area contributed by atoms with Crippen LogP contribution in [0.5, 0.6) is 5.75 Å². The third-order valence-corrected chi connectivity index (χ3v) is 2.93. The maximum atomic E-state index is 13.3. The number of nitrogens with two attached hydrogens (primary N) is 1. The van der Waals surface area contributed by atoms with Gasteiger partial charge in [0.1, 0.15) is 23.5 Å². The Labute approximate surface area is 114 Å². The van der Waals surface area contributed by atoms with Crippen molar-refractivity contribution in [3.8, 4) is 5.75 Å². The molecule has 5 heteroatoms. The van der Waals surface area contributed by atoms with Gasteiger partial charge >= 0.3 is 0 Å². The quantitative estimate of drug-likeness (QED) is 0.929. The average molecular weight is 284 g/mol. The van der Waals surface area contributed by atoms with E-state index in [4.69, 9.17) is 22.1 Å². The van der Waals surface area contributed by atoms with Crippen LogP contribution in [0, 0.1) is 11.6 Å². The van der Waals surface area contributed by atoms with Crippen molar-refractivity contribution in [1.82, 2.24) is 0 Å². The second kappa shape index (κ2) is 5.99. The first-order chi connectivity index (χ1) is 9.10. The maximum Gasteiger partial charge on any atom is 0.145 e. The minimum atomic E-state index is -0.561. The molecule has 0 amide bonds. The van der Waals surface area contributed by atoms with Gasteiger partial charge in [-0.05, 0) is 29.8 Å². The predicted molar refractivity (Wildman–Crippen MR) is 70.2 cm³/mol. The number of benzene rings is 2. The summed E-state index contributed by atoms with van der Waals surface area (Å²) in [5, 5.41) is 0.0263. The van der Waals surface area contributed by atoms with Crippen LogP contribution < -0.4 is 10.5 Å². The van der Waals surface area contributed by atoms with Gasteiger partial charge in [-0.15, -0.1) is 0 Å². The zero-order valence-corrected chi connectivity index (χ0v) is 10.7. The predicted octanol–water partition coefficient (Wildman–Crippen LogP) is 3.70. The molecule has 0 bridgehead atoms. The van der Waals surface area contributed by atoms with Crippen molar-refractivity contribution in [3.63, 3.8) is 0 Å². The molecular weight excluding hydrogens is 272 g/mol. The van der Waals surface area contributed by atoms with Crippen molar-refractivity contribution < 1.29 is 13.5 Å². The van der Waals surface area contributed by atoms with Crippen molar-refractivity contribution in [3.05, 3.63) is 64.7 Å². The average Bonchev–Trinajstić information content (AvgIpc) is 2.41. The van der Waals surface area contributed by atoms with Gasteiger partial charge in [-0.25, -0.2) is 8.78 Å². The van der Waals surface area contributed by atoms with E-state index in [1.165, 1.54) is 24.3 Å². The highest BCUT2D eigenvalue weighted by atomic mass is 35.5. The molecule has 2 nitrogen and oxygen atoms in total. The van der Waals surface area contributed by atoms with Crippen molar-refractivity contribution in [2.75, 3.05) is 6.54 Å². The molecule has 0 heterocycles. The highest BCUT2D eigenvalue weighted by Crippen LogP contribution is 2.25. The van der Waals surface area contributed by atoms with Crippen molar-refractivity contribution in [2.45, 2.75) is 6.10 Å². The topological polar surface area (TPSA) is 35.2 Å². The fraction of sp³-hybridized carbons (Fsp3) is 0.143. The summed E-state index contributed by atoms with van der Waals surface area (Å²) in [6.45, 7) is 0.190. The van der Waals surface area contributed by atoms with Crippen LogP contribution >= 0.6 is 11.6 Å². The largest absolute Gasteiger partial charge is 0.484 e. The summed E-state index contributed by atoms with van der Waals surface area (Å²) in [4.78, 5) is 0. The summed E-state index contributed by atoms with van der Waals surface area (Å²) in [6, 6.07) is 9.96. The van der Waals surface area contributed by atoms with E-state index in [2.05, 4.69) is 0 Å². The molecular formula is C14H12ClF2NO. The lowest BCUT2D eigenvalue weighted by Gasteiger charge is -2.18. The summed E-state index contributed by atoms with van der Waals surface area (Å²) >= 11 is 5.59. The molecule has 0 aromatic heterocycles. The van der Waals surface area contributed by atoms with E-state index in [-0.39, 0.29) is 17.4 Å². The zero-order valence-electron chi connectivity index (χ0n) is 9.95. The van der Waals surface area contributed by atoms with Crippen LogP contribution in [0.1, 0.15) is 11.7 Å². The van der Waals surface area contributed by atoms with Gasteiger partial charge in [-0.2, -0.15) is 0 Å². The van der Waals surface area contributed by atoms with E-state index in [9.17, 15) is 8.78 Å². The molecule has 0 aliphatic carbocycles. The van der Waals surface area contributed by atoms with Gasteiger partial charge in [0, 0.05) is 12.6 Å². The molecule has 1 unspecified atom stereocenters. The lowest BCUT2D eigenvalue weighted by Crippen LogP contribution is -2.18. The van der Waals surface area contributed by atoms with Gasteiger partial charge in [0.15, 0.2) is 0 Å². The molecule has 0 spiro atoms. The molecule has 2 aromatic rings. The summed E-state index contributed by atoms with van der Waals surface area (Å²) in [6.07, 6.45) is -0.471. The lowest BCUT2D eigenvalue weighted by molar-refractivity contribution is 0.213. The van der Waals surface area contributed by atoms with Crippen LogP contribution in [0.4, 0.5) is 8.78 Å². The normalized spacial score (nSPS) is 12.2. The van der Waals surface area contributed by atoms with Crippen molar-refractivity contribution in [1.29, 1.82) is 0 Å². The highest BCUT2D eigenvalue weighted by molar-refractivity contribution is 6.30. The fourth-order valence-corrected chi connectivity index (χ4v) is 1.76. The molecule has 19 heavy (non-hydrogen) atoms. The fourth-order valence-electron chi connectivity index (χ4n) is 1.64. The SMILES string of the molecule is NCC(Oc1ccc(Cl)c(F)c1)c1ccc(F)cc1. The van der Waals surface area contributed by atoms with E-state index >= 15 is 0 Å². The standard InChI is InChI=1S/C14H12ClF2NO/c15-12-6-5-11(7-13(12)17)19-14(8-18)9-1-3-10(16)4-2-9/h1-7,14H,8,18H2. The van der Waals surface area contributed by atoms with E-state index in [1.54, 1.807) is 18.2 Å². The van der Waals surface area contributed by atoms with Crippen LogP contribution in [0.2, 0.25) is 5.02 Å². The van der Waals surface area contributed by atoms with E-state index in [1.807, 2.05) is 0 Å². The smallest absolute Gasteiger partial charge is 0.145 e. The first-order valence-electron chi connectivity index (χ1n) is 5.67. The van der Waals surface area contributed by atoms with Crippen LogP contribution in [0.3, 0.4) is 0 Å².